The Kier molecular flexibility index (Phi) is 3.72. The predicted molar refractivity (Wildman–Crippen MR) is 71.7 cm³/mol. The minimum absolute atomic E-state index is 0.0252. The highest BCUT2D eigenvalue weighted by Crippen LogP contribution is 2.29. The van der Waals surface area contributed by atoms with Crippen LogP contribution in [0, 0.1) is 0 Å². The van der Waals surface area contributed by atoms with Crippen LogP contribution in [0.5, 0.6) is 5.75 Å². The fraction of sp³-hybridized carbons (Fsp3) is 0.600. The first-order chi connectivity index (χ1) is 8.12. The summed E-state index contributed by atoms with van der Waals surface area (Å²) in [6.45, 7) is 5.02. The van der Waals surface area contributed by atoms with Gasteiger partial charge >= 0.3 is 0 Å². The molecule has 0 saturated carbocycles. The molecule has 1 N–H and O–H groups in total. The van der Waals surface area contributed by atoms with Crippen LogP contribution in [0.15, 0.2) is 18.2 Å². The normalized spacial score (nSPS) is 15.5. The maximum Gasteiger partial charge on any atom is 0.122 e. The third kappa shape index (κ3) is 3.01. The van der Waals surface area contributed by atoms with Crippen LogP contribution in [-0.4, -0.2) is 19.2 Å². The van der Waals surface area contributed by atoms with Crippen molar-refractivity contribution in [2.24, 2.45) is 0 Å². The highest BCUT2D eigenvalue weighted by Gasteiger charge is 2.18. The average Bonchev–Trinajstić information content (AvgIpc) is 2.36. The monoisotopic (exact) mass is 233 g/mol. The maximum absolute atomic E-state index is 6.00. The molecule has 0 spiro atoms. The average molecular weight is 233 g/mol. The third-order valence-electron chi connectivity index (χ3n) is 3.62. The lowest BCUT2D eigenvalue weighted by molar-refractivity contribution is 0.215. The van der Waals surface area contributed by atoms with Crippen LogP contribution in [0.4, 0.5) is 0 Å². The third-order valence-corrected chi connectivity index (χ3v) is 3.62. The Hall–Kier alpha value is -1.02. The van der Waals surface area contributed by atoms with Crippen molar-refractivity contribution >= 4 is 0 Å². The largest absolute Gasteiger partial charge is 0.491 e. The van der Waals surface area contributed by atoms with Gasteiger partial charge in [0.15, 0.2) is 0 Å². The Morgan fingerprint density at radius 3 is 2.76 bits per heavy atom. The zero-order valence-corrected chi connectivity index (χ0v) is 11.2. The van der Waals surface area contributed by atoms with Crippen LogP contribution in [0.3, 0.4) is 0 Å². The van der Waals surface area contributed by atoms with E-state index in [2.05, 4.69) is 37.4 Å². The standard InChI is InChI=1S/C15H23NO/c1-15(2,16-3)11-17-14-10-6-8-12-7-4-5-9-13(12)14/h6,8,10,16H,4-5,7,9,11H2,1-3H3. The quantitative estimate of drug-likeness (QED) is 0.863. The van der Waals surface area contributed by atoms with Gasteiger partial charge in [-0.05, 0) is 63.8 Å². The number of aryl methyl sites for hydroxylation is 1. The van der Waals surface area contributed by atoms with Crippen LogP contribution in [0.25, 0.3) is 0 Å². The molecule has 0 heterocycles. The molecule has 0 unspecified atom stereocenters. The molecule has 94 valence electrons. The van der Waals surface area contributed by atoms with E-state index in [0.29, 0.717) is 6.61 Å². The molecule has 0 radical (unpaired) electrons. The van der Waals surface area contributed by atoms with Gasteiger partial charge in [-0.3, -0.25) is 0 Å². The molecule has 17 heavy (non-hydrogen) atoms. The number of fused-ring (bicyclic) bond motifs is 1. The molecular formula is C15H23NO. The van der Waals surface area contributed by atoms with Crippen molar-refractivity contribution in [1.29, 1.82) is 0 Å². The van der Waals surface area contributed by atoms with Crippen molar-refractivity contribution in [1.82, 2.24) is 5.32 Å². The Morgan fingerprint density at radius 1 is 1.24 bits per heavy atom. The fourth-order valence-electron chi connectivity index (χ4n) is 2.21. The number of hydrogen-bond acceptors (Lipinski definition) is 2. The van der Waals surface area contributed by atoms with Crippen LogP contribution >= 0.6 is 0 Å². The fourth-order valence-corrected chi connectivity index (χ4v) is 2.21. The highest BCUT2D eigenvalue weighted by atomic mass is 16.5. The summed E-state index contributed by atoms with van der Waals surface area (Å²) in [7, 11) is 1.98. The van der Waals surface area contributed by atoms with Crippen molar-refractivity contribution in [3.05, 3.63) is 29.3 Å². The molecule has 1 aromatic carbocycles. The highest BCUT2D eigenvalue weighted by molar-refractivity contribution is 5.41. The number of ether oxygens (including phenoxy) is 1. The van der Waals surface area contributed by atoms with Gasteiger partial charge in [-0.25, -0.2) is 0 Å². The summed E-state index contributed by atoms with van der Waals surface area (Å²) in [6, 6.07) is 6.46. The van der Waals surface area contributed by atoms with Gasteiger partial charge < -0.3 is 10.1 Å². The number of likely N-dealkylation sites (N-methyl/N-ethyl adjacent to an activating group) is 1. The van der Waals surface area contributed by atoms with Crippen molar-refractivity contribution in [2.75, 3.05) is 13.7 Å². The van der Waals surface area contributed by atoms with Crippen LogP contribution in [0.2, 0.25) is 0 Å². The molecule has 0 fully saturated rings. The van der Waals surface area contributed by atoms with E-state index in [1.165, 1.54) is 36.8 Å². The van der Waals surface area contributed by atoms with E-state index < -0.39 is 0 Å². The Morgan fingerprint density at radius 2 is 2.00 bits per heavy atom. The number of hydrogen-bond donors (Lipinski definition) is 1. The minimum Gasteiger partial charge on any atom is -0.491 e. The van der Waals surface area contributed by atoms with Gasteiger partial charge in [-0.2, -0.15) is 0 Å². The second kappa shape index (κ2) is 5.09. The smallest absolute Gasteiger partial charge is 0.122 e. The van der Waals surface area contributed by atoms with E-state index in [1.54, 1.807) is 0 Å². The summed E-state index contributed by atoms with van der Waals surface area (Å²) in [5.74, 6) is 1.09. The lowest BCUT2D eigenvalue weighted by Crippen LogP contribution is -2.42. The van der Waals surface area contributed by atoms with Gasteiger partial charge in [-0.1, -0.05) is 12.1 Å². The SMILES string of the molecule is CNC(C)(C)COc1cccc2c1CCCC2. The zero-order valence-electron chi connectivity index (χ0n) is 11.2. The first-order valence-electron chi connectivity index (χ1n) is 6.55. The van der Waals surface area contributed by atoms with E-state index in [1.807, 2.05) is 7.05 Å². The minimum atomic E-state index is 0.0252. The topological polar surface area (TPSA) is 21.3 Å². The van der Waals surface area contributed by atoms with Crippen LogP contribution < -0.4 is 10.1 Å². The Bertz CT molecular complexity index is 385. The van der Waals surface area contributed by atoms with Crippen molar-refractivity contribution in [3.8, 4) is 5.75 Å². The molecule has 1 aliphatic carbocycles. The molecule has 2 heteroatoms. The Labute approximate surface area is 104 Å². The number of rotatable bonds is 4. The van der Waals surface area contributed by atoms with E-state index in [-0.39, 0.29) is 5.54 Å². The summed E-state index contributed by atoms with van der Waals surface area (Å²) in [5, 5.41) is 3.27. The zero-order chi connectivity index (χ0) is 12.3. The molecule has 1 aromatic rings. The van der Waals surface area contributed by atoms with E-state index in [9.17, 15) is 0 Å². The summed E-state index contributed by atoms with van der Waals surface area (Å²) < 4.78 is 6.00. The van der Waals surface area contributed by atoms with Gasteiger partial charge in [0.1, 0.15) is 12.4 Å². The second-order valence-electron chi connectivity index (χ2n) is 5.52. The second-order valence-corrected chi connectivity index (χ2v) is 5.52. The molecule has 2 rings (SSSR count). The number of benzene rings is 1. The molecule has 0 aromatic heterocycles. The summed E-state index contributed by atoms with van der Waals surface area (Å²) >= 11 is 0. The van der Waals surface area contributed by atoms with E-state index in [0.717, 1.165) is 5.75 Å². The Balaban J connectivity index is 2.11. The molecule has 0 amide bonds. The summed E-state index contributed by atoms with van der Waals surface area (Å²) in [5.41, 5.74) is 2.94. The van der Waals surface area contributed by atoms with Gasteiger partial charge in [0.05, 0.1) is 0 Å². The number of nitrogens with one attached hydrogen (secondary N) is 1. The van der Waals surface area contributed by atoms with Gasteiger partial charge in [-0.15, -0.1) is 0 Å². The molecule has 0 aliphatic heterocycles. The van der Waals surface area contributed by atoms with Crippen LogP contribution in [0.1, 0.15) is 37.8 Å². The van der Waals surface area contributed by atoms with Gasteiger partial charge in [0.25, 0.3) is 0 Å². The predicted octanol–water partition coefficient (Wildman–Crippen LogP) is 2.94. The molecular weight excluding hydrogens is 210 g/mol. The van der Waals surface area contributed by atoms with E-state index >= 15 is 0 Å². The molecule has 1 aliphatic rings. The van der Waals surface area contributed by atoms with Crippen molar-refractivity contribution in [3.63, 3.8) is 0 Å². The first-order valence-corrected chi connectivity index (χ1v) is 6.55. The van der Waals surface area contributed by atoms with Crippen molar-refractivity contribution < 1.29 is 4.74 Å². The summed E-state index contributed by atoms with van der Waals surface area (Å²) in [6.07, 6.45) is 4.99. The first kappa shape index (κ1) is 12.4. The van der Waals surface area contributed by atoms with E-state index in [4.69, 9.17) is 4.74 Å². The molecule has 2 nitrogen and oxygen atoms in total. The molecule has 0 atom stereocenters. The molecule has 0 saturated heterocycles. The summed E-state index contributed by atoms with van der Waals surface area (Å²) in [4.78, 5) is 0. The van der Waals surface area contributed by atoms with Gasteiger partial charge in [0, 0.05) is 5.54 Å². The van der Waals surface area contributed by atoms with Gasteiger partial charge in [0.2, 0.25) is 0 Å². The lowest BCUT2D eigenvalue weighted by Gasteiger charge is -2.26. The maximum atomic E-state index is 6.00. The van der Waals surface area contributed by atoms with Crippen molar-refractivity contribution in [2.45, 2.75) is 45.1 Å². The van der Waals surface area contributed by atoms with Crippen LogP contribution in [-0.2, 0) is 12.8 Å². The molecule has 0 bridgehead atoms. The lowest BCUT2D eigenvalue weighted by atomic mass is 9.91.